The van der Waals surface area contributed by atoms with Crippen molar-refractivity contribution in [3.8, 4) is 0 Å². The molecule has 4 rings (SSSR count). The van der Waals surface area contributed by atoms with Crippen LogP contribution in [0.3, 0.4) is 0 Å². The van der Waals surface area contributed by atoms with Crippen LogP contribution in [0.1, 0.15) is 56.9 Å². The molecular formula is C23H32N2O2. The van der Waals surface area contributed by atoms with E-state index in [2.05, 4.69) is 30.3 Å². The fourth-order valence-corrected chi connectivity index (χ4v) is 4.81. The number of hydrogen-bond acceptors (Lipinski definition) is 2. The van der Waals surface area contributed by atoms with E-state index in [1.165, 1.54) is 18.4 Å². The van der Waals surface area contributed by atoms with Crippen molar-refractivity contribution in [1.82, 2.24) is 9.80 Å². The van der Waals surface area contributed by atoms with Crippen LogP contribution >= 0.6 is 0 Å². The van der Waals surface area contributed by atoms with Crippen LogP contribution < -0.4 is 0 Å². The Kier molecular flexibility index (Phi) is 5.51. The molecule has 27 heavy (non-hydrogen) atoms. The van der Waals surface area contributed by atoms with Gasteiger partial charge < -0.3 is 9.80 Å². The van der Waals surface area contributed by atoms with Gasteiger partial charge in [-0.05, 0) is 56.4 Å². The number of hydrogen-bond donors (Lipinski definition) is 0. The molecule has 2 amide bonds. The molecule has 146 valence electrons. The van der Waals surface area contributed by atoms with Crippen molar-refractivity contribution >= 4 is 11.8 Å². The molecule has 1 aromatic rings. The molecule has 0 N–H and O–H groups in total. The molecule has 4 heteroatoms. The first-order valence-corrected chi connectivity index (χ1v) is 10.8. The average Bonchev–Trinajstić information content (AvgIpc) is 3.53. The van der Waals surface area contributed by atoms with Crippen molar-refractivity contribution in [3.05, 3.63) is 35.9 Å². The molecule has 3 fully saturated rings. The van der Waals surface area contributed by atoms with Gasteiger partial charge in [-0.3, -0.25) is 9.59 Å². The number of carbonyl (C=O) groups is 2. The van der Waals surface area contributed by atoms with E-state index in [-0.39, 0.29) is 11.8 Å². The first kappa shape index (κ1) is 18.5. The fourth-order valence-electron chi connectivity index (χ4n) is 4.81. The molecule has 0 aromatic heterocycles. The molecule has 4 nitrogen and oxygen atoms in total. The maximum Gasteiger partial charge on any atom is 0.238 e. The van der Waals surface area contributed by atoms with Gasteiger partial charge in [0.15, 0.2) is 0 Å². The van der Waals surface area contributed by atoms with Gasteiger partial charge in [-0.25, -0.2) is 0 Å². The van der Waals surface area contributed by atoms with Crippen molar-refractivity contribution < 1.29 is 9.59 Å². The third-order valence-electron chi connectivity index (χ3n) is 6.73. The summed E-state index contributed by atoms with van der Waals surface area (Å²) in [5.74, 6) is 0.892. The van der Waals surface area contributed by atoms with Crippen LogP contribution in [0.5, 0.6) is 0 Å². The molecule has 2 saturated heterocycles. The summed E-state index contributed by atoms with van der Waals surface area (Å²) >= 11 is 0. The second-order valence-corrected chi connectivity index (χ2v) is 8.71. The standard InChI is InChI=1S/C23H32N2O2/c26-21(24-14-6-1-2-7-15-24)23(12-13-23)22(27)25-16-10-20(11-17-25)18-19-8-4-3-5-9-19/h3-5,8-9,20H,1-2,6-7,10-18H2. The average molecular weight is 369 g/mol. The maximum absolute atomic E-state index is 13.2. The van der Waals surface area contributed by atoms with E-state index in [4.69, 9.17) is 0 Å². The molecule has 0 bridgehead atoms. The number of rotatable bonds is 4. The Hall–Kier alpha value is -1.84. The Balaban J connectivity index is 1.32. The highest BCUT2D eigenvalue weighted by Gasteiger charge is 2.59. The van der Waals surface area contributed by atoms with E-state index >= 15 is 0 Å². The van der Waals surface area contributed by atoms with Crippen LogP contribution in [0, 0.1) is 11.3 Å². The molecule has 1 aromatic carbocycles. The highest BCUT2D eigenvalue weighted by atomic mass is 16.2. The molecule has 0 spiro atoms. The number of benzene rings is 1. The minimum Gasteiger partial charge on any atom is -0.342 e. The van der Waals surface area contributed by atoms with E-state index < -0.39 is 5.41 Å². The van der Waals surface area contributed by atoms with Crippen LogP contribution in [-0.4, -0.2) is 47.8 Å². The Morgan fingerprint density at radius 1 is 0.815 bits per heavy atom. The van der Waals surface area contributed by atoms with Gasteiger partial charge in [0.2, 0.25) is 11.8 Å². The monoisotopic (exact) mass is 368 g/mol. The SMILES string of the molecule is O=C(N1CCCCCC1)C1(C(=O)N2CCC(Cc3ccccc3)CC2)CC1. The largest absolute Gasteiger partial charge is 0.342 e. The lowest BCUT2D eigenvalue weighted by molar-refractivity contribution is -0.150. The summed E-state index contributed by atoms with van der Waals surface area (Å²) in [5, 5.41) is 0. The molecule has 1 aliphatic carbocycles. The first-order chi connectivity index (χ1) is 13.2. The summed E-state index contributed by atoms with van der Waals surface area (Å²) in [7, 11) is 0. The van der Waals surface area contributed by atoms with Crippen molar-refractivity contribution in [2.75, 3.05) is 26.2 Å². The van der Waals surface area contributed by atoms with Gasteiger partial charge in [-0.1, -0.05) is 43.2 Å². The lowest BCUT2D eigenvalue weighted by Crippen LogP contribution is -2.49. The zero-order valence-electron chi connectivity index (χ0n) is 16.4. The molecule has 0 unspecified atom stereocenters. The van der Waals surface area contributed by atoms with Crippen LogP contribution in [0.2, 0.25) is 0 Å². The van der Waals surface area contributed by atoms with E-state index in [1.807, 2.05) is 9.80 Å². The highest BCUT2D eigenvalue weighted by molar-refractivity contribution is 6.07. The molecule has 1 saturated carbocycles. The number of carbonyl (C=O) groups excluding carboxylic acids is 2. The minimum atomic E-state index is -0.698. The smallest absolute Gasteiger partial charge is 0.238 e. The quantitative estimate of drug-likeness (QED) is 0.761. The van der Waals surface area contributed by atoms with Gasteiger partial charge in [0.05, 0.1) is 0 Å². The summed E-state index contributed by atoms with van der Waals surface area (Å²) in [5.41, 5.74) is 0.689. The maximum atomic E-state index is 13.2. The first-order valence-electron chi connectivity index (χ1n) is 10.8. The third-order valence-corrected chi connectivity index (χ3v) is 6.73. The van der Waals surface area contributed by atoms with Crippen molar-refractivity contribution in [1.29, 1.82) is 0 Å². The summed E-state index contributed by atoms with van der Waals surface area (Å²) in [6.07, 6.45) is 9.29. The van der Waals surface area contributed by atoms with E-state index in [9.17, 15) is 9.59 Å². The Bertz CT molecular complexity index is 652. The summed E-state index contributed by atoms with van der Waals surface area (Å²) < 4.78 is 0. The normalized spacial score (nSPS) is 23.0. The molecule has 0 atom stereocenters. The Labute approximate surface area is 162 Å². The van der Waals surface area contributed by atoms with Gasteiger partial charge in [-0.2, -0.15) is 0 Å². The van der Waals surface area contributed by atoms with Gasteiger partial charge in [-0.15, -0.1) is 0 Å². The van der Waals surface area contributed by atoms with E-state index in [1.54, 1.807) is 0 Å². The van der Waals surface area contributed by atoms with Crippen molar-refractivity contribution in [2.45, 2.75) is 57.8 Å². The summed E-state index contributed by atoms with van der Waals surface area (Å²) in [6, 6.07) is 10.6. The molecule has 2 aliphatic heterocycles. The zero-order chi connectivity index (χ0) is 18.7. The molecular weight excluding hydrogens is 336 g/mol. The van der Waals surface area contributed by atoms with Gasteiger partial charge >= 0.3 is 0 Å². The second kappa shape index (κ2) is 8.04. The second-order valence-electron chi connectivity index (χ2n) is 8.71. The van der Waals surface area contributed by atoms with E-state index in [0.29, 0.717) is 5.92 Å². The van der Waals surface area contributed by atoms with E-state index in [0.717, 1.165) is 71.1 Å². The van der Waals surface area contributed by atoms with Crippen LogP contribution in [-0.2, 0) is 16.0 Å². The van der Waals surface area contributed by atoms with Crippen LogP contribution in [0.15, 0.2) is 30.3 Å². The summed E-state index contributed by atoms with van der Waals surface area (Å²) in [6.45, 7) is 3.30. The Morgan fingerprint density at radius 3 is 1.93 bits per heavy atom. The van der Waals surface area contributed by atoms with Gasteiger partial charge in [0.25, 0.3) is 0 Å². The molecule has 3 aliphatic rings. The molecule has 2 heterocycles. The number of likely N-dealkylation sites (tertiary alicyclic amines) is 2. The zero-order valence-corrected chi connectivity index (χ0v) is 16.4. The lowest BCUT2D eigenvalue weighted by Gasteiger charge is -2.35. The number of piperidine rings is 1. The highest BCUT2D eigenvalue weighted by Crippen LogP contribution is 2.49. The fraction of sp³-hybridized carbons (Fsp3) is 0.652. The Morgan fingerprint density at radius 2 is 1.37 bits per heavy atom. The predicted molar refractivity (Wildman–Crippen MR) is 106 cm³/mol. The number of amides is 2. The van der Waals surface area contributed by atoms with Crippen LogP contribution in [0.4, 0.5) is 0 Å². The topological polar surface area (TPSA) is 40.6 Å². The summed E-state index contributed by atoms with van der Waals surface area (Å²) in [4.78, 5) is 30.3. The van der Waals surface area contributed by atoms with Crippen molar-refractivity contribution in [3.63, 3.8) is 0 Å². The third kappa shape index (κ3) is 4.04. The number of nitrogens with zero attached hydrogens (tertiary/aromatic N) is 2. The van der Waals surface area contributed by atoms with Crippen molar-refractivity contribution in [2.24, 2.45) is 11.3 Å². The lowest BCUT2D eigenvalue weighted by atomic mass is 9.89. The minimum absolute atomic E-state index is 0.120. The van der Waals surface area contributed by atoms with Gasteiger partial charge in [0, 0.05) is 26.2 Å². The van der Waals surface area contributed by atoms with Crippen LogP contribution in [0.25, 0.3) is 0 Å². The molecule has 0 radical (unpaired) electrons. The van der Waals surface area contributed by atoms with Gasteiger partial charge in [0.1, 0.15) is 5.41 Å². The predicted octanol–water partition coefficient (Wildman–Crippen LogP) is 3.65.